The molecule has 0 bridgehead atoms. The van der Waals surface area contributed by atoms with E-state index in [1.807, 2.05) is 0 Å². The number of Topliss-reactive ketones (excluding diaryl/α,β-unsaturated/α-hetero) is 1. The minimum absolute atomic E-state index is 0.119. The van der Waals surface area contributed by atoms with E-state index in [1.165, 1.54) is 57.8 Å². The Labute approximate surface area is 204 Å². The van der Waals surface area contributed by atoms with Gasteiger partial charge in [-0.25, -0.2) is 0 Å². The number of methoxy groups -OCH3 is 1. The van der Waals surface area contributed by atoms with Crippen LogP contribution in [0.2, 0.25) is 0 Å². The fraction of sp³-hybridized carbons (Fsp3) is 0.968. The van der Waals surface area contributed by atoms with Gasteiger partial charge in [0.25, 0.3) is 0 Å². The molecule has 0 amide bonds. The van der Waals surface area contributed by atoms with Gasteiger partial charge in [-0.3, -0.25) is 4.79 Å². The van der Waals surface area contributed by atoms with Crippen LogP contribution in [0.5, 0.6) is 0 Å². The summed E-state index contributed by atoms with van der Waals surface area (Å²) in [6, 6.07) is 0. The van der Waals surface area contributed by atoms with Gasteiger partial charge in [-0.15, -0.1) is 0 Å². The summed E-state index contributed by atoms with van der Waals surface area (Å²) < 4.78 is 5.80. The van der Waals surface area contributed by atoms with Crippen LogP contribution in [-0.4, -0.2) is 19.0 Å². The third-order valence-corrected chi connectivity index (χ3v) is 14.0. The van der Waals surface area contributed by atoms with E-state index in [0.29, 0.717) is 38.8 Å². The first-order chi connectivity index (χ1) is 15.2. The van der Waals surface area contributed by atoms with E-state index < -0.39 is 0 Å². The van der Waals surface area contributed by atoms with Crippen LogP contribution in [-0.2, 0) is 9.53 Å². The summed E-state index contributed by atoms with van der Waals surface area (Å²) in [5, 5.41) is 0. The summed E-state index contributed by atoms with van der Waals surface area (Å²) in [5.41, 5.74) is 2.33. The highest BCUT2D eigenvalue weighted by atomic mass is 16.5. The maximum Gasteiger partial charge on any atom is 0.164 e. The summed E-state index contributed by atoms with van der Waals surface area (Å²) >= 11 is 0. The largest absolute Gasteiger partial charge is 0.374 e. The zero-order chi connectivity index (χ0) is 24.2. The van der Waals surface area contributed by atoms with Gasteiger partial charge in [0, 0.05) is 13.0 Å². The van der Waals surface area contributed by atoms with E-state index in [-0.39, 0.29) is 17.4 Å². The highest BCUT2D eigenvalue weighted by Gasteiger charge is 2.71. The number of rotatable bonds is 1. The predicted molar refractivity (Wildman–Crippen MR) is 136 cm³/mol. The summed E-state index contributed by atoms with van der Waals surface area (Å²) in [6.07, 6.45) is 13.1. The fourth-order valence-electron chi connectivity index (χ4n) is 11.3. The van der Waals surface area contributed by atoms with Crippen LogP contribution in [0.25, 0.3) is 0 Å². The lowest BCUT2D eigenvalue weighted by atomic mass is 9.30. The van der Waals surface area contributed by atoms with Crippen molar-refractivity contribution in [3.63, 3.8) is 0 Å². The Morgan fingerprint density at radius 2 is 1.33 bits per heavy atom. The van der Waals surface area contributed by atoms with Crippen molar-refractivity contribution < 1.29 is 9.53 Å². The van der Waals surface area contributed by atoms with E-state index in [0.717, 1.165) is 18.3 Å². The van der Waals surface area contributed by atoms with Gasteiger partial charge in [-0.1, -0.05) is 55.4 Å². The van der Waals surface area contributed by atoms with Crippen molar-refractivity contribution in [3.05, 3.63) is 0 Å². The second-order valence-electron chi connectivity index (χ2n) is 15.6. The van der Waals surface area contributed by atoms with Crippen molar-refractivity contribution in [2.45, 2.75) is 126 Å². The molecule has 5 aliphatic carbocycles. The molecule has 2 heteroatoms. The molecule has 0 saturated heterocycles. The smallest absolute Gasteiger partial charge is 0.164 e. The van der Waals surface area contributed by atoms with Crippen molar-refractivity contribution >= 4 is 5.78 Å². The van der Waals surface area contributed by atoms with Crippen molar-refractivity contribution in [3.8, 4) is 0 Å². The van der Waals surface area contributed by atoms with Crippen LogP contribution in [0, 0.1) is 56.2 Å². The maximum absolute atomic E-state index is 13.2. The second-order valence-corrected chi connectivity index (χ2v) is 15.6. The van der Waals surface area contributed by atoms with Crippen LogP contribution >= 0.6 is 0 Å². The molecule has 5 fully saturated rings. The standard InChI is InChI=1S/C31H52O2/c1-20-25(32)21(33-9)18-23-28(20,5)11-10-22-29(23,6)15-17-31(8)24-19-26(2,3)12-13-27(24,4)14-16-30(22,31)7/h20-24H,10-19H2,1-9H3/t20-,21-,22-,23-,24+,27-,28-,29+,30-,31+/m1/s1. The Bertz CT molecular complexity index is 831. The van der Waals surface area contributed by atoms with E-state index in [1.54, 1.807) is 7.11 Å². The first kappa shape index (κ1) is 24.3. The number of hydrogen-bond acceptors (Lipinski definition) is 2. The number of ether oxygens (including phenoxy) is 1. The fourth-order valence-corrected chi connectivity index (χ4v) is 11.3. The summed E-state index contributed by atoms with van der Waals surface area (Å²) in [5.74, 6) is 2.70. The number of hydrogen-bond donors (Lipinski definition) is 0. The molecule has 0 aromatic heterocycles. The molecule has 0 spiro atoms. The zero-order valence-corrected chi connectivity index (χ0v) is 23.3. The van der Waals surface area contributed by atoms with Gasteiger partial charge < -0.3 is 4.74 Å². The Balaban J connectivity index is 1.55. The number of carbonyl (C=O) groups excluding carboxylic acids is 1. The van der Waals surface area contributed by atoms with Crippen LogP contribution in [0.1, 0.15) is 120 Å². The SMILES string of the molecule is CO[C@@H]1C[C@@H]2[C@](C)(CC[C@@H]3[C@]2(C)CC[C@@]2(C)[C@H]4CC(C)(C)CC[C@]4(C)CC[C@]32C)[C@H](C)C1=O. The monoisotopic (exact) mass is 456 g/mol. The van der Waals surface area contributed by atoms with Gasteiger partial charge in [0.15, 0.2) is 5.78 Å². The van der Waals surface area contributed by atoms with E-state index in [9.17, 15) is 4.79 Å². The third-order valence-electron chi connectivity index (χ3n) is 14.0. The molecule has 0 unspecified atom stereocenters. The Kier molecular flexibility index (Phi) is 5.24. The summed E-state index contributed by atoms with van der Waals surface area (Å²) in [4.78, 5) is 13.2. The molecule has 188 valence electrons. The minimum Gasteiger partial charge on any atom is -0.374 e. The maximum atomic E-state index is 13.2. The van der Waals surface area contributed by atoms with Crippen LogP contribution < -0.4 is 0 Å². The summed E-state index contributed by atoms with van der Waals surface area (Å²) in [6.45, 7) is 20.5. The molecule has 0 radical (unpaired) electrons. The van der Waals surface area contributed by atoms with Gasteiger partial charge in [0.1, 0.15) is 6.10 Å². The highest BCUT2D eigenvalue weighted by molar-refractivity contribution is 5.87. The Morgan fingerprint density at radius 1 is 0.727 bits per heavy atom. The highest BCUT2D eigenvalue weighted by Crippen LogP contribution is 2.78. The van der Waals surface area contributed by atoms with Crippen LogP contribution in [0.4, 0.5) is 0 Å². The molecule has 0 heterocycles. The lowest BCUT2D eigenvalue weighted by molar-refractivity contribution is -0.260. The normalized spacial score (nSPS) is 58.0. The van der Waals surface area contributed by atoms with E-state index in [4.69, 9.17) is 4.74 Å². The molecular weight excluding hydrogens is 404 g/mol. The van der Waals surface area contributed by atoms with Gasteiger partial charge in [-0.05, 0) is 114 Å². The first-order valence-corrected chi connectivity index (χ1v) is 14.2. The molecule has 5 aliphatic rings. The third kappa shape index (κ3) is 2.97. The molecule has 0 aromatic carbocycles. The number of ketones is 1. The molecular formula is C31H52O2. The average Bonchev–Trinajstić information content (AvgIpc) is 2.75. The van der Waals surface area contributed by atoms with Crippen molar-refractivity contribution in [2.75, 3.05) is 7.11 Å². The summed E-state index contributed by atoms with van der Waals surface area (Å²) in [7, 11) is 1.76. The van der Waals surface area contributed by atoms with Crippen molar-refractivity contribution in [1.29, 1.82) is 0 Å². The molecule has 0 aromatic rings. The quantitative estimate of drug-likeness (QED) is 0.398. The van der Waals surface area contributed by atoms with Crippen LogP contribution in [0.3, 0.4) is 0 Å². The van der Waals surface area contributed by atoms with Crippen LogP contribution in [0.15, 0.2) is 0 Å². The van der Waals surface area contributed by atoms with Gasteiger partial charge in [-0.2, -0.15) is 0 Å². The zero-order valence-electron chi connectivity index (χ0n) is 23.3. The predicted octanol–water partition coefficient (Wildman–Crippen LogP) is 8.08. The molecule has 2 nitrogen and oxygen atoms in total. The average molecular weight is 457 g/mol. The molecule has 33 heavy (non-hydrogen) atoms. The molecule has 5 rings (SSSR count). The molecule has 0 aliphatic heterocycles. The van der Waals surface area contributed by atoms with Crippen molar-refractivity contribution in [2.24, 2.45) is 56.2 Å². The Hall–Kier alpha value is -0.370. The number of carbonyl (C=O) groups is 1. The minimum atomic E-state index is -0.191. The van der Waals surface area contributed by atoms with Gasteiger partial charge in [0.05, 0.1) is 0 Å². The van der Waals surface area contributed by atoms with Gasteiger partial charge in [0.2, 0.25) is 0 Å². The molecule has 5 saturated carbocycles. The molecule has 0 N–H and O–H groups in total. The van der Waals surface area contributed by atoms with Crippen molar-refractivity contribution in [1.82, 2.24) is 0 Å². The van der Waals surface area contributed by atoms with Gasteiger partial charge >= 0.3 is 0 Å². The lowest BCUT2D eigenvalue weighted by Crippen LogP contribution is -2.68. The van der Waals surface area contributed by atoms with E-state index in [2.05, 4.69) is 55.4 Å². The lowest BCUT2D eigenvalue weighted by Gasteiger charge is -2.75. The molecule has 10 atom stereocenters. The Morgan fingerprint density at radius 3 is 2.00 bits per heavy atom. The topological polar surface area (TPSA) is 26.3 Å². The first-order valence-electron chi connectivity index (χ1n) is 14.2. The van der Waals surface area contributed by atoms with E-state index >= 15 is 0 Å². The number of fused-ring (bicyclic) bond motifs is 7. The second kappa shape index (κ2) is 7.10.